The minimum atomic E-state index is -1.66. The monoisotopic (exact) mass is 334 g/mol. The van der Waals surface area contributed by atoms with Crippen LogP contribution in [0.2, 0.25) is 0 Å². The fourth-order valence-corrected chi connectivity index (χ4v) is 2.45. The number of rotatable bonds is 2. The second kappa shape index (κ2) is 5.37. The first kappa shape index (κ1) is 15.5. The van der Waals surface area contributed by atoms with Gasteiger partial charge in [-0.05, 0) is 29.8 Å². The third-order valence-corrected chi connectivity index (χ3v) is 3.41. The van der Waals surface area contributed by atoms with Crippen LogP contribution < -0.4 is 11.5 Å². The number of fused-ring (bicyclic) bond motifs is 1. The number of aromatic carboxylic acids is 1. The fraction of sp³-hybridized carbons (Fsp3) is 0. The molecular weight excluding hydrogens is 325 g/mol. The van der Waals surface area contributed by atoms with Gasteiger partial charge in [0.25, 0.3) is 0 Å². The Kier molecular flexibility index (Phi) is 3.48. The lowest BCUT2D eigenvalue weighted by Crippen LogP contribution is -2.06. The van der Waals surface area contributed by atoms with Gasteiger partial charge in [-0.1, -0.05) is 0 Å². The fourth-order valence-electron chi connectivity index (χ4n) is 2.45. The van der Waals surface area contributed by atoms with Crippen LogP contribution >= 0.6 is 0 Å². The smallest absolute Gasteiger partial charge is 0.336 e. The highest BCUT2D eigenvalue weighted by Crippen LogP contribution is 2.36. The first-order valence-electron chi connectivity index (χ1n) is 6.53. The molecule has 0 saturated carbocycles. The van der Waals surface area contributed by atoms with Crippen LogP contribution in [0.25, 0.3) is 22.0 Å². The number of nitrogen functional groups attached to an aromatic ring is 2. The minimum Gasteiger partial charge on any atom is -0.478 e. The Bertz CT molecular complexity index is 985. The number of carboxylic acid groups (broad SMARTS) is 1. The molecule has 2 aromatic carbocycles. The van der Waals surface area contributed by atoms with Gasteiger partial charge in [0.2, 0.25) is 5.95 Å². The van der Waals surface area contributed by atoms with Crippen molar-refractivity contribution in [3.63, 3.8) is 0 Å². The molecule has 0 aliphatic heterocycles. The summed E-state index contributed by atoms with van der Waals surface area (Å²) in [5, 5.41) is 9.41. The average Bonchev–Trinajstić information content (AvgIpc) is 2.50. The minimum absolute atomic E-state index is 0.0505. The molecule has 9 heteroatoms. The van der Waals surface area contributed by atoms with Crippen LogP contribution in [0.1, 0.15) is 10.4 Å². The van der Waals surface area contributed by atoms with Crippen molar-refractivity contribution >= 4 is 28.6 Å². The van der Waals surface area contributed by atoms with E-state index in [1.165, 1.54) is 12.1 Å². The van der Waals surface area contributed by atoms with Gasteiger partial charge >= 0.3 is 5.97 Å². The molecule has 3 rings (SSSR count). The Morgan fingerprint density at radius 2 is 1.67 bits per heavy atom. The van der Waals surface area contributed by atoms with Crippen molar-refractivity contribution in [2.75, 3.05) is 11.5 Å². The second-order valence-corrected chi connectivity index (χ2v) is 4.91. The highest BCUT2D eigenvalue weighted by atomic mass is 19.2. The van der Waals surface area contributed by atoms with Crippen molar-refractivity contribution in [1.82, 2.24) is 9.97 Å². The molecule has 1 aromatic heterocycles. The Balaban J connectivity index is 2.49. The van der Waals surface area contributed by atoms with Gasteiger partial charge in [-0.2, -0.15) is 4.98 Å². The number of nitrogens with zero attached hydrogens (tertiary/aromatic N) is 2. The number of benzene rings is 2. The third-order valence-electron chi connectivity index (χ3n) is 3.41. The van der Waals surface area contributed by atoms with Crippen LogP contribution in [0.3, 0.4) is 0 Å². The molecule has 0 radical (unpaired) electrons. The average molecular weight is 334 g/mol. The molecule has 0 amide bonds. The van der Waals surface area contributed by atoms with Crippen LogP contribution in [-0.2, 0) is 0 Å². The summed E-state index contributed by atoms with van der Waals surface area (Å²) < 4.78 is 40.4. The number of carboxylic acids is 1. The van der Waals surface area contributed by atoms with Crippen LogP contribution in [-0.4, -0.2) is 21.0 Å². The van der Waals surface area contributed by atoms with E-state index in [0.717, 1.165) is 0 Å². The van der Waals surface area contributed by atoms with Crippen LogP contribution in [0.4, 0.5) is 24.9 Å². The second-order valence-electron chi connectivity index (χ2n) is 4.91. The summed E-state index contributed by atoms with van der Waals surface area (Å²) >= 11 is 0. The molecule has 1 heterocycles. The van der Waals surface area contributed by atoms with E-state index in [1.54, 1.807) is 0 Å². The van der Waals surface area contributed by atoms with Crippen molar-refractivity contribution in [1.29, 1.82) is 0 Å². The van der Waals surface area contributed by atoms with Gasteiger partial charge in [-0.15, -0.1) is 0 Å². The zero-order valence-corrected chi connectivity index (χ0v) is 11.8. The SMILES string of the molecule is Nc1nc(N)c2c(-c3cc(F)c(F)c(F)c3)c(C(=O)O)ccc2n1. The van der Waals surface area contributed by atoms with Crippen molar-refractivity contribution in [3.05, 3.63) is 47.3 Å². The zero-order valence-electron chi connectivity index (χ0n) is 11.8. The van der Waals surface area contributed by atoms with Gasteiger partial charge in [0.1, 0.15) is 5.82 Å². The maximum absolute atomic E-state index is 13.6. The van der Waals surface area contributed by atoms with Gasteiger partial charge in [-0.25, -0.2) is 22.9 Å². The zero-order chi connectivity index (χ0) is 17.6. The van der Waals surface area contributed by atoms with Crippen LogP contribution in [0, 0.1) is 17.5 Å². The number of nitrogens with two attached hydrogens (primary N) is 2. The van der Waals surface area contributed by atoms with Crippen molar-refractivity contribution in [3.8, 4) is 11.1 Å². The van der Waals surface area contributed by atoms with Crippen molar-refractivity contribution in [2.24, 2.45) is 0 Å². The first-order valence-corrected chi connectivity index (χ1v) is 6.53. The molecule has 0 saturated heterocycles. The molecule has 5 N–H and O–H groups in total. The van der Waals surface area contributed by atoms with E-state index in [1.807, 2.05) is 0 Å². The van der Waals surface area contributed by atoms with Gasteiger partial charge in [-0.3, -0.25) is 0 Å². The van der Waals surface area contributed by atoms with E-state index in [2.05, 4.69) is 9.97 Å². The predicted molar refractivity (Wildman–Crippen MR) is 80.6 cm³/mol. The number of carbonyl (C=O) groups is 1. The molecule has 0 bridgehead atoms. The predicted octanol–water partition coefficient (Wildman–Crippen LogP) is 2.58. The van der Waals surface area contributed by atoms with E-state index in [9.17, 15) is 23.1 Å². The normalized spacial score (nSPS) is 11.0. The molecule has 0 aliphatic carbocycles. The molecule has 122 valence electrons. The summed E-state index contributed by atoms with van der Waals surface area (Å²) in [5.74, 6) is -6.27. The first-order chi connectivity index (χ1) is 11.3. The van der Waals surface area contributed by atoms with Crippen LogP contribution in [0.15, 0.2) is 24.3 Å². The van der Waals surface area contributed by atoms with Gasteiger partial charge in [0.15, 0.2) is 17.5 Å². The summed E-state index contributed by atoms with van der Waals surface area (Å²) in [6.45, 7) is 0. The van der Waals surface area contributed by atoms with Gasteiger partial charge in [0, 0.05) is 5.56 Å². The quantitative estimate of drug-likeness (QED) is 0.621. The lowest BCUT2D eigenvalue weighted by molar-refractivity contribution is 0.0698. The van der Waals surface area contributed by atoms with E-state index >= 15 is 0 Å². The number of aromatic nitrogens is 2. The molecule has 0 aliphatic rings. The third kappa shape index (κ3) is 2.35. The van der Waals surface area contributed by atoms with E-state index in [4.69, 9.17) is 11.5 Å². The lowest BCUT2D eigenvalue weighted by Gasteiger charge is -2.13. The van der Waals surface area contributed by atoms with Crippen molar-refractivity contribution in [2.45, 2.75) is 0 Å². The number of halogens is 3. The standard InChI is InChI=1S/C15H9F3N4O2/c16-7-3-5(4-8(17)12(7)18)10-6(14(23)24)1-2-9-11(10)13(19)22-15(20)21-9/h1-4H,(H,23,24)(H4,19,20,21,22). The highest BCUT2D eigenvalue weighted by molar-refractivity contribution is 6.10. The number of hydrogen-bond donors (Lipinski definition) is 3. The molecule has 0 unspecified atom stereocenters. The largest absolute Gasteiger partial charge is 0.478 e. The molecule has 6 nitrogen and oxygen atoms in total. The molecule has 3 aromatic rings. The maximum atomic E-state index is 13.6. The summed E-state index contributed by atoms with van der Waals surface area (Å²) in [6.07, 6.45) is 0. The Morgan fingerprint density at radius 1 is 1.04 bits per heavy atom. The summed E-state index contributed by atoms with van der Waals surface area (Å²) in [4.78, 5) is 19.1. The molecule has 24 heavy (non-hydrogen) atoms. The van der Waals surface area contributed by atoms with E-state index in [-0.39, 0.29) is 39.4 Å². The Morgan fingerprint density at radius 3 is 2.25 bits per heavy atom. The highest BCUT2D eigenvalue weighted by Gasteiger charge is 2.21. The number of hydrogen-bond acceptors (Lipinski definition) is 5. The molecule has 0 spiro atoms. The van der Waals surface area contributed by atoms with E-state index in [0.29, 0.717) is 12.1 Å². The van der Waals surface area contributed by atoms with E-state index < -0.39 is 23.4 Å². The van der Waals surface area contributed by atoms with Crippen LogP contribution in [0.5, 0.6) is 0 Å². The lowest BCUT2D eigenvalue weighted by atomic mass is 9.95. The van der Waals surface area contributed by atoms with Gasteiger partial charge in [0.05, 0.1) is 16.5 Å². The topological polar surface area (TPSA) is 115 Å². The maximum Gasteiger partial charge on any atom is 0.336 e. The molecule has 0 atom stereocenters. The number of anilines is 2. The van der Waals surface area contributed by atoms with Gasteiger partial charge < -0.3 is 16.6 Å². The summed E-state index contributed by atoms with van der Waals surface area (Å²) in [5.41, 5.74) is 10.8. The van der Waals surface area contributed by atoms with Crippen molar-refractivity contribution < 1.29 is 23.1 Å². The molecular formula is C15H9F3N4O2. The summed E-state index contributed by atoms with van der Waals surface area (Å²) in [7, 11) is 0. The Hall–Kier alpha value is -3.36. The molecule has 0 fully saturated rings. The Labute approximate surface area is 132 Å². The summed E-state index contributed by atoms with van der Waals surface area (Å²) in [6, 6.07) is 3.88.